The first-order valence-corrected chi connectivity index (χ1v) is 6.31. The molecule has 1 aliphatic rings. The monoisotopic (exact) mass is 232 g/mol. The number of rotatable bonds is 2. The molecule has 0 amide bonds. The van der Waals surface area contributed by atoms with Gasteiger partial charge in [-0.1, -0.05) is 12.1 Å². The van der Waals surface area contributed by atoms with E-state index in [4.69, 9.17) is 5.73 Å². The van der Waals surface area contributed by atoms with Crippen molar-refractivity contribution >= 4 is 10.9 Å². The second-order valence-electron chi connectivity index (χ2n) is 4.71. The van der Waals surface area contributed by atoms with Gasteiger partial charge in [-0.2, -0.15) is 0 Å². The predicted octanol–water partition coefficient (Wildman–Crippen LogP) is 2.62. The number of benzene rings is 1. The summed E-state index contributed by atoms with van der Waals surface area (Å²) in [5, 5.41) is 1.09. The normalized spacial score (nSPS) is 15.2. The molecule has 2 N–H and O–H groups in total. The van der Waals surface area contributed by atoms with Crippen LogP contribution in [0.5, 0.6) is 0 Å². The maximum atomic E-state index is 14.0. The molecule has 1 heterocycles. The zero-order valence-electron chi connectivity index (χ0n) is 9.88. The standard InChI is InChI=1S/C14H17FN2/c15-12-6-3-5-11-10-4-1-2-7-13(10)17(9-8-16)14(11)12/h3,5-6H,1-2,4,7-9,16H2. The van der Waals surface area contributed by atoms with E-state index in [0.717, 1.165) is 23.7 Å². The van der Waals surface area contributed by atoms with Gasteiger partial charge in [-0.05, 0) is 37.3 Å². The van der Waals surface area contributed by atoms with E-state index >= 15 is 0 Å². The molecule has 0 spiro atoms. The lowest BCUT2D eigenvalue weighted by atomic mass is 9.95. The summed E-state index contributed by atoms with van der Waals surface area (Å²) >= 11 is 0. The molecule has 0 bridgehead atoms. The van der Waals surface area contributed by atoms with Crippen LogP contribution in [0, 0.1) is 5.82 Å². The molecule has 3 heteroatoms. The summed E-state index contributed by atoms with van der Waals surface area (Å²) in [6.07, 6.45) is 4.55. The molecule has 1 aromatic carbocycles. The summed E-state index contributed by atoms with van der Waals surface area (Å²) in [4.78, 5) is 0. The van der Waals surface area contributed by atoms with Gasteiger partial charge in [-0.15, -0.1) is 0 Å². The minimum absolute atomic E-state index is 0.120. The highest BCUT2D eigenvalue weighted by atomic mass is 19.1. The third-order valence-corrected chi connectivity index (χ3v) is 3.70. The predicted molar refractivity (Wildman–Crippen MR) is 67.6 cm³/mol. The summed E-state index contributed by atoms with van der Waals surface area (Å²) in [7, 11) is 0. The molecule has 2 aromatic rings. The van der Waals surface area contributed by atoms with Gasteiger partial charge in [0.15, 0.2) is 0 Å². The Morgan fingerprint density at radius 1 is 1.24 bits per heavy atom. The summed E-state index contributed by atoms with van der Waals surface area (Å²) in [5.74, 6) is -0.120. The first-order valence-electron chi connectivity index (χ1n) is 6.31. The maximum absolute atomic E-state index is 14.0. The Morgan fingerprint density at radius 2 is 2.06 bits per heavy atom. The van der Waals surface area contributed by atoms with E-state index in [-0.39, 0.29) is 5.82 Å². The van der Waals surface area contributed by atoms with E-state index in [1.807, 2.05) is 6.07 Å². The average molecular weight is 232 g/mol. The maximum Gasteiger partial charge on any atom is 0.147 e. The van der Waals surface area contributed by atoms with Gasteiger partial charge in [0, 0.05) is 24.2 Å². The van der Waals surface area contributed by atoms with Crippen molar-refractivity contribution in [3.63, 3.8) is 0 Å². The van der Waals surface area contributed by atoms with Gasteiger partial charge in [0.25, 0.3) is 0 Å². The second-order valence-corrected chi connectivity index (χ2v) is 4.71. The minimum Gasteiger partial charge on any atom is -0.341 e. The number of hydrogen-bond donors (Lipinski definition) is 1. The number of nitrogens with two attached hydrogens (primary N) is 1. The third-order valence-electron chi connectivity index (χ3n) is 3.70. The van der Waals surface area contributed by atoms with Crippen LogP contribution in [0.15, 0.2) is 18.2 Å². The SMILES string of the molecule is NCCn1c2c(c3cccc(F)c31)CCCC2. The number of para-hydroxylation sites is 1. The van der Waals surface area contributed by atoms with E-state index in [1.54, 1.807) is 12.1 Å². The summed E-state index contributed by atoms with van der Waals surface area (Å²) in [5.41, 5.74) is 9.06. The highest BCUT2D eigenvalue weighted by Gasteiger charge is 2.21. The molecule has 0 aliphatic heterocycles. The van der Waals surface area contributed by atoms with E-state index in [0.29, 0.717) is 13.1 Å². The summed E-state index contributed by atoms with van der Waals surface area (Å²) in [6.45, 7) is 1.28. The Bertz CT molecular complexity index is 557. The Hall–Kier alpha value is -1.35. The van der Waals surface area contributed by atoms with Crippen molar-refractivity contribution in [2.75, 3.05) is 6.54 Å². The molecule has 1 aromatic heterocycles. The van der Waals surface area contributed by atoms with Crippen LogP contribution < -0.4 is 5.73 Å². The largest absolute Gasteiger partial charge is 0.341 e. The number of halogens is 1. The molecule has 90 valence electrons. The Kier molecular flexibility index (Phi) is 2.63. The van der Waals surface area contributed by atoms with Crippen LogP contribution in [0.2, 0.25) is 0 Å². The zero-order chi connectivity index (χ0) is 11.8. The summed E-state index contributed by atoms with van der Waals surface area (Å²) < 4.78 is 16.1. The van der Waals surface area contributed by atoms with Gasteiger partial charge < -0.3 is 10.3 Å². The van der Waals surface area contributed by atoms with E-state index < -0.39 is 0 Å². The van der Waals surface area contributed by atoms with Crippen molar-refractivity contribution in [3.05, 3.63) is 35.3 Å². The van der Waals surface area contributed by atoms with Gasteiger partial charge in [0.1, 0.15) is 5.82 Å². The van der Waals surface area contributed by atoms with Crippen LogP contribution in [-0.4, -0.2) is 11.1 Å². The number of aryl methyl sites for hydroxylation is 1. The fourth-order valence-electron chi connectivity index (χ4n) is 3.02. The Balaban J connectivity index is 2.34. The molecule has 0 radical (unpaired) electrons. The van der Waals surface area contributed by atoms with E-state index in [2.05, 4.69) is 4.57 Å². The first kappa shape index (κ1) is 10.8. The molecule has 2 nitrogen and oxygen atoms in total. The minimum atomic E-state index is -0.120. The van der Waals surface area contributed by atoms with Crippen molar-refractivity contribution < 1.29 is 4.39 Å². The fraction of sp³-hybridized carbons (Fsp3) is 0.429. The molecule has 0 fully saturated rings. The van der Waals surface area contributed by atoms with Crippen molar-refractivity contribution in [3.8, 4) is 0 Å². The van der Waals surface area contributed by atoms with Gasteiger partial charge in [0.2, 0.25) is 0 Å². The van der Waals surface area contributed by atoms with Crippen LogP contribution >= 0.6 is 0 Å². The lowest BCUT2D eigenvalue weighted by molar-refractivity contribution is 0.597. The van der Waals surface area contributed by atoms with Gasteiger partial charge >= 0.3 is 0 Å². The third kappa shape index (κ3) is 1.57. The topological polar surface area (TPSA) is 30.9 Å². The van der Waals surface area contributed by atoms with E-state index in [1.165, 1.54) is 24.1 Å². The molecule has 17 heavy (non-hydrogen) atoms. The quantitative estimate of drug-likeness (QED) is 0.847. The molecule has 1 aliphatic carbocycles. The van der Waals surface area contributed by atoms with Gasteiger partial charge in [-0.25, -0.2) is 4.39 Å². The fourth-order valence-corrected chi connectivity index (χ4v) is 3.02. The van der Waals surface area contributed by atoms with Crippen LogP contribution in [0.1, 0.15) is 24.1 Å². The molecule has 0 saturated carbocycles. The lowest BCUT2D eigenvalue weighted by Crippen LogP contribution is -2.14. The van der Waals surface area contributed by atoms with Crippen molar-refractivity contribution in [2.24, 2.45) is 5.73 Å². The second kappa shape index (κ2) is 4.15. The highest BCUT2D eigenvalue weighted by Crippen LogP contribution is 2.33. The molecular formula is C14H17FN2. The number of aromatic nitrogens is 1. The average Bonchev–Trinajstić information content (AvgIpc) is 2.67. The van der Waals surface area contributed by atoms with Crippen LogP contribution in [-0.2, 0) is 19.4 Å². The van der Waals surface area contributed by atoms with Crippen molar-refractivity contribution in [1.29, 1.82) is 0 Å². The molecule has 0 unspecified atom stereocenters. The molecule has 0 atom stereocenters. The first-order chi connectivity index (χ1) is 8.33. The van der Waals surface area contributed by atoms with Crippen LogP contribution in [0.3, 0.4) is 0 Å². The van der Waals surface area contributed by atoms with Crippen molar-refractivity contribution in [1.82, 2.24) is 4.57 Å². The Labute approximate surface area is 100 Å². The Morgan fingerprint density at radius 3 is 2.88 bits per heavy atom. The van der Waals surface area contributed by atoms with Crippen LogP contribution in [0.4, 0.5) is 4.39 Å². The van der Waals surface area contributed by atoms with Gasteiger partial charge in [0.05, 0.1) is 5.52 Å². The van der Waals surface area contributed by atoms with Crippen molar-refractivity contribution in [2.45, 2.75) is 32.2 Å². The number of nitrogens with zero attached hydrogens (tertiary/aromatic N) is 1. The summed E-state index contributed by atoms with van der Waals surface area (Å²) in [6, 6.07) is 5.38. The smallest absolute Gasteiger partial charge is 0.147 e. The molecular weight excluding hydrogens is 215 g/mol. The van der Waals surface area contributed by atoms with E-state index in [9.17, 15) is 4.39 Å². The van der Waals surface area contributed by atoms with Gasteiger partial charge in [-0.3, -0.25) is 0 Å². The molecule has 0 saturated heterocycles. The number of fused-ring (bicyclic) bond motifs is 3. The lowest BCUT2D eigenvalue weighted by Gasteiger charge is -2.15. The van der Waals surface area contributed by atoms with Crippen LogP contribution in [0.25, 0.3) is 10.9 Å². The number of hydrogen-bond acceptors (Lipinski definition) is 1. The highest BCUT2D eigenvalue weighted by molar-refractivity contribution is 5.86. The zero-order valence-corrected chi connectivity index (χ0v) is 9.88. The molecule has 3 rings (SSSR count).